The summed E-state index contributed by atoms with van der Waals surface area (Å²) in [7, 11) is 3.39. The van der Waals surface area contributed by atoms with Gasteiger partial charge in [-0.2, -0.15) is 0 Å². The lowest BCUT2D eigenvalue weighted by molar-refractivity contribution is 0.170. The van der Waals surface area contributed by atoms with E-state index < -0.39 is 23.2 Å². The number of fused-ring (bicyclic) bond motifs is 2. The molecule has 0 bridgehead atoms. The number of aryl methyl sites for hydroxylation is 1. The fourth-order valence-corrected chi connectivity index (χ4v) is 4.70. The Kier molecular flexibility index (Phi) is 5.13. The zero-order valence-electron chi connectivity index (χ0n) is 18.7. The number of ether oxygens (including phenoxy) is 3. The molecule has 9 nitrogen and oxygen atoms in total. The SMILES string of the molecule is CCc1ccc(-n2c(O)c([C@@H]3c4c(cc5c(c4OC)OCO5)CCN3C)c(=O)[nH]c2=O)cc1. The average molecular weight is 451 g/mol. The van der Waals surface area contributed by atoms with E-state index in [1.54, 1.807) is 12.1 Å². The van der Waals surface area contributed by atoms with Crippen LogP contribution in [0.4, 0.5) is 0 Å². The Bertz CT molecular complexity index is 1340. The van der Waals surface area contributed by atoms with Crippen molar-refractivity contribution in [1.29, 1.82) is 0 Å². The van der Waals surface area contributed by atoms with Gasteiger partial charge in [0.2, 0.25) is 18.4 Å². The Labute approximate surface area is 189 Å². The van der Waals surface area contributed by atoms with Crippen LogP contribution in [0.2, 0.25) is 0 Å². The van der Waals surface area contributed by atoms with Crippen LogP contribution in [-0.2, 0) is 12.8 Å². The molecule has 1 atom stereocenters. The second-order valence-electron chi connectivity index (χ2n) is 8.20. The Morgan fingerprint density at radius 3 is 2.64 bits per heavy atom. The number of aromatic amines is 1. The summed E-state index contributed by atoms with van der Waals surface area (Å²) in [5.41, 5.74) is 1.91. The molecular formula is C24H25N3O6. The molecule has 0 spiro atoms. The fourth-order valence-electron chi connectivity index (χ4n) is 4.70. The Morgan fingerprint density at radius 1 is 1.18 bits per heavy atom. The summed E-state index contributed by atoms with van der Waals surface area (Å²) >= 11 is 0. The topological polar surface area (TPSA) is 106 Å². The van der Waals surface area contributed by atoms with Crippen molar-refractivity contribution in [3.8, 4) is 28.8 Å². The van der Waals surface area contributed by atoms with E-state index >= 15 is 0 Å². The van der Waals surface area contributed by atoms with Crippen molar-refractivity contribution >= 4 is 0 Å². The van der Waals surface area contributed by atoms with Crippen molar-refractivity contribution in [1.82, 2.24) is 14.5 Å². The van der Waals surface area contributed by atoms with Gasteiger partial charge in [-0.15, -0.1) is 0 Å². The highest BCUT2D eigenvalue weighted by molar-refractivity contribution is 5.63. The minimum absolute atomic E-state index is 0.0646. The Hall–Kier alpha value is -3.72. The Morgan fingerprint density at radius 2 is 1.94 bits per heavy atom. The number of rotatable bonds is 4. The van der Waals surface area contributed by atoms with Crippen LogP contribution in [0.25, 0.3) is 5.69 Å². The van der Waals surface area contributed by atoms with Crippen molar-refractivity contribution < 1.29 is 19.3 Å². The predicted octanol–water partition coefficient (Wildman–Crippen LogP) is 2.11. The van der Waals surface area contributed by atoms with E-state index in [0.29, 0.717) is 41.5 Å². The van der Waals surface area contributed by atoms with Gasteiger partial charge in [-0.1, -0.05) is 19.1 Å². The summed E-state index contributed by atoms with van der Waals surface area (Å²) in [6.45, 7) is 2.75. The first-order valence-electron chi connectivity index (χ1n) is 10.8. The van der Waals surface area contributed by atoms with E-state index in [0.717, 1.165) is 22.1 Å². The molecule has 0 aliphatic carbocycles. The molecular weight excluding hydrogens is 426 g/mol. The van der Waals surface area contributed by atoms with Gasteiger partial charge in [0.15, 0.2) is 11.5 Å². The van der Waals surface area contributed by atoms with E-state index in [9.17, 15) is 14.7 Å². The van der Waals surface area contributed by atoms with Crippen LogP contribution in [0, 0.1) is 0 Å². The van der Waals surface area contributed by atoms with Gasteiger partial charge in [-0.05, 0) is 49.2 Å². The van der Waals surface area contributed by atoms with Gasteiger partial charge in [-0.25, -0.2) is 9.36 Å². The highest BCUT2D eigenvalue weighted by Crippen LogP contribution is 2.51. The number of methoxy groups -OCH3 is 1. The zero-order valence-corrected chi connectivity index (χ0v) is 18.7. The standard InChI is InChI=1S/C24H25N3O6/c1-4-13-5-7-15(8-6-13)27-23(29)18(22(28)25-24(27)30)19-17-14(9-10-26(19)2)11-16-20(21(17)31-3)33-12-32-16/h5-8,11,19,29H,4,9-10,12H2,1-3H3,(H,25,28,30)/t19-/m0/s1. The van der Waals surface area contributed by atoms with E-state index in [-0.39, 0.29) is 12.4 Å². The molecule has 0 radical (unpaired) electrons. The molecule has 33 heavy (non-hydrogen) atoms. The number of hydrogen-bond donors (Lipinski definition) is 2. The molecule has 2 N–H and O–H groups in total. The lowest BCUT2D eigenvalue weighted by Crippen LogP contribution is -2.39. The molecule has 0 amide bonds. The monoisotopic (exact) mass is 451 g/mol. The lowest BCUT2D eigenvalue weighted by Gasteiger charge is -2.35. The number of H-pyrrole nitrogens is 1. The largest absolute Gasteiger partial charge is 0.494 e. The maximum absolute atomic E-state index is 13.1. The van der Waals surface area contributed by atoms with Crippen LogP contribution in [0.15, 0.2) is 39.9 Å². The summed E-state index contributed by atoms with van der Waals surface area (Å²) in [4.78, 5) is 30.1. The molecule has 5 rings (SSSR count). The van der Waals surface area contributed by atoms with Crippen molar-refractivity contribution in [2.45, 2.75) is 25.8 Å². The van der Waals surface area contributed by atoms with Crippen molar-refractivity contribution in [3.63, 3.8) is 0 Å². The van der Waals surface area contributed by atoms with Gasteiger partial charge in [-0.3, -0.25) is 14.7 Å². The van der Waals surface area contributed by atoms with E-state index in [1.807, 2.05) is 37.1 Å². The third-order valence-electron chi connectivity index (χ3n) is 6.39. The highest BCUT2D eigenvalue weighted by atomic mass is 16.7. The first-order chi connectivity index (χ1) is 15.9. The first-order valence-corrected chi connectivity index (χ1v) is 10.8. The number of aromatic nitrogens is 2. The molecule has 2 aliphatic rings. The quantitative estimate of drug-likeness (QED) is 0.626. The van der Waals surface area contributed by atoms with Crippen molar-refractivity contribution in [2.24, 2.45) is 0 Å². The number of nitrogens with zero attached hydrogens (tertiary/aromatic N) is 2. The van der Waals surface area contributed by atoms with E-state index in [4.69, 9.17) is 14.2 Å². The number of likely N-dealkylation sites (N-methyl/N-ethyl adjacent to an activating group) is 1. The van der Waals surface area contributed by atoms with Gasteiger partial charge in [0.1, 0.15) is 0 Å². The minimum Gasteiger partial charge on any atom is -0.494 e. The summed E-state index contributed by atoms with van der Waals surface area (Å²) in [5.74, 6) is 1.11. The fraction of sp³-hybridized carbons (Fsp3) is 0.333. The third-order valence-corrected chi connectivity index (χ3v) is 6.39. The molecule has 1 aromatic heterocycles. The molecule has 0 saturated carbocycles. The molecule has 0 saturated heterocycles. The van der Waals surface area contributed by atoms with Gasteiger partial charge >= 0.3 is 5.69 Å². The van der Waals surface area contributed by atoms with Gasteiger partial charge in [0, 0.05) is 12.1 Å². The first kappa shape index (κ1) is 21.1. The molecule has 2 aromatic carbocycles. The third kappa shape index (κ3) is 3.27. The molecule has 172 valence electrons. The number of aromatic hydroxyl groups is 1. The summed E-state index contributed by atoms with van der Waals surface area (Å²) in [5, 5.41) is 11.3. The van der Waals surface area contributed by atoms with Crippen LogP contribution in [0.1, 0.15) is 35.2 Å². The number of hydrogen-bond acceptors (Lipinski definition) is 7. The zero-order chi connectivity index (χ0) is 23.3. The lowest BCUT2D eigenvalue weighted by atomic mass is 9.87. The van der Waals surface area contributed by atoms with Crippen LogP contribution >= 0.6 is 0 Å². The van der Waals surface area contributed by atoms with E-state index in [2.05, 4.69) is 4.98 Å². The number of benzene rings is 2. The Balaban J connectivity index is 1.76. The van der Waals surface area contributed by atoms with E-state index in [1.165, 1.54) is 7.11 Å². The number of nitrogens with one attached hydrogen (secondary N) is 1. The summed E-state index contributed by atoms with van der Waals surface area (Å²) in [6, 6.07) is 8.50. The van der Waals surface area contributed by atoms with Gasteiger partial charge < -0.3 is 19.3 Å². The average Bonchev–Trinajstić information content (AvgIpc) is 3.27. The van der Waals surface area contributed by atoms with Crippen LogP contribution < -0.4 is 25.5 Å². The molecule has 3 heterocycles. The van der Waals surface area contributed by atoms with Gasteiger partial charge in [0.05, 0.1) is 24.4 Å². The maximum Gasteiger partial charge on any atom is 0.335 e. The van der Waals surface area contributed by atoms with Crippen molar-refractivity contribution in [2.75, 3.05) is 27.5 Å². The second-order valence-corrected chi connectivity index (χ2v) is 8.20. The smallest absolute Gasteiger partial charge is 0.335 e. The molecule has 2 aliphatic heterocycles. The summed E-state index contributed by atoms with van der Waals surface area (Å²) in [6.07, 6.45) is 1.55. The molecule has 3 aromatic rings. The molecule has 9 heteroatoms. The van der Waals surface area contributed by atoms with Crippen molar-refractivity contribution in [3.05, 3.63) is 73.4 Å². The normalized spacial score (nSPS) is 17.1. The molecule has 0 unspecified atom stereocenters. The van der Waals surface area contributed by atoms with Crippen LogP contribution in [0.3, 0.4) is 0 Å². The van der Waals surface area contributed by atoms with Gasteiger partial charge in [0.25, 0.3) is 5.56 Å². The predicted molar refractivity (Wildman–Crippen MR) is 121 cm³/mol. The van der Waals surface area contributed by atoms with Crippen LogP contribution in [0.5, 0.6) is 23.1 Å². The maximum atomic E-state index is 13.1. The summed E-state index contributed by atoms with van der Waals surface area (Å²) < 4.78 is 18.0. The van der Waals surface area contributed by atoms with Crippen LogP contribution in [-0.4, -0.2) is 47.1 Å². The molecule has 0 fully saturated rings. The second kappa shape index (κ2) is 8.00. The highest BCUT2D eigenvalue weighted by Gasteiger charge is 2.38. The minimum atomic E-state index is -0.707.